The molecule has 1 amide bonds. The third-order valence-electron chi connectivity index (χ3n) is 3.39. The summed E-state index contributed by atoms with van der Waals surface area (Å²) < 4.78 is 0. The molecule has 0 radical (unpaired) electrons. The summed E-state index contributed by atoms with van der Waals surface area (Å²) in [7, 11) is 0. The van der Waals surface area contributed by atoms with E-state index in [4.69, 9.17) is 11.6 Å². The van der Waals surface area contributed by atoms with E-state index in [1.807, 2.05) is 13.0 Å². The van der Waals surface area contributed by atoms with E-state index < -0.39 is 0 Å². The molecule has 1 N–H and O–H groups in total. The number of anilines is 1. The summed E-state index contributed by atoms with van der Waals surface area (Å²) in [6.45, 7) is 1.88. The number of rotatable bonds is 2. The molecule has 2 aromatic rings. The molecule has 0 spiro atoms. The summed E-state index contributed by atoms with van der Waals surface area (Å²) in [5, 5.41) is 16.3. The maximum Gasteiger partial charge on any atom is 0.253 e. The molecular weight excluding hydrogens is 288 g/mol. The van der Waals surface area contributed by atoms with Gasteiger partial charge in [-0.3, -0.25) is 4.79 Å². The molecule has 21 heavy (non-hydrogen) atoms. The van der Waals surface area contributed by atoms with Crippen molar-refractivity contribution in [2.24, 2.45) is 5.10 Å². The van der Waals surface area contributed by atoms with Gasteiger partial charge in [0.25, 0.3) is 5.91 Å². The Kier molecular flexibility index (Phi) is 3.39. The van der Waals surface area contributed by atoms with Crippen molar-refractivity contribution < 1.29 is 9.90 Å². The minimum Gasteiger partial charge on any atom is -0.507 e. The number of benzene rings is 2. The van der Waals surface area contributed by atoms with Crippen molar-refractivity contribution in [1.82, 2.24) is 0 Å². The molecule has 1 aliphatic rings. The molecule has 0 atom stereocenters. The van der Waals surface area contributed by atoms with Gasteiger partial charge in [-0.15, -0.1) is 0 Å². The van der Waals surface area contributed by atoms with Crippen molar-refractivity contribution in [1.29, 1.82) is 0 Å². The summed E-state index contributed by atoms with van der Waals surface area (Å²) in [6.07, 6.45) is 0.168. The highest BCUT2D eigenvalue weighted by molar-refractivity contribution is 6.30. The van der Waals surface area contributed by atoms with E-state index in [1.165, 1.54) is 5.01 Å². The molecule has 0 saturated heterocycles. The highest BCUT2D eigenvalue weighted by Gasteiger charge is 2.28. The summed E-state index contributed by atoms with van der Waals surface area (Å²) >= 11 is 5.85. The van der Waals surface area contributed by atoms with Gasteiger partial charge in [0.05, 0.1) is 17.8 Å². The Morgan fingerprint density at radius 2 is 1.90 bits per heavy atom. The largest absolute Gasteiger partial charge is 0.507 e. The second-order valence-corrected chi connectivity index (χ2v) is 5.31. The lowest BCUT2D eigenvalue weighted by atomic mass is 10.0. The Morgan fingerprint density at radius 3 is 2.57 bits per heavy atom. The molecule has 1 heterocycles. The van der Waals surface area contributed by atoms with Crippen LogP contribution < -0.4 is 5.01 Å². The van der Waals surface area contributed by atoms with Crippen LogP contribution >= 0.6 is 11.6 Å². The Morgan fingerprint density at radius 1 is 1.19 bits per heavy atom. The number of phenolic OH excluding ortho intramolecular Hbond substituents is 1. The number of hydrogen-bond donors (Lipinski definition) is 1. The highest BCUT2D eigenvalue weighted by Crippen LogP contribution is 2.29. The predicted molar refractivity (Wildman–Crippen MR) is 82.9 cm³/mol. The van der Waals surface area contributed by atoms with Crippen LogP contribution in [0.3, 0.4) is 0 Å². The van der Waals surface area contributed by atoms with E-state index in [-0.39, 0.29) is 18.1 Å². The van der Waals surface area contributed by atoms with Gasteiger partial charge < -0.3 is 5.11 Å². The standard InChI is InChI=1S/C16H13ClN2O2/c1-10-3-2-4-14(20)16(10)13-9-15(21)19(18-13)12-7-5-11(17)6-8-12/h2-8,20H,9H2,1H3. The Bertz CT molecular complexity index is 718. The number of phenols is 1. The van der Waals surface area contributed by atoms with Crippen molar-refractivity contribution in [3.8, 4) is 5.75 Å². The summed E-state index contributed by atoms with van der Waals surface area (Å²) in [6, 6.07) is 12.1. The van der Waals surface area contributed by atoms with Gasteiger partial charge in [0, 0.05) is 10.6 Å². The molecule has 0 fully saturated rings. The second kappa shape index (κ2) is 5.22. The molecule has 0 aromatic heterocycles. The molecule has 1 aliphatic heterocycles. The number of hydrazone groups is 1. The molecule has 106 valence electrons. The first-order chi connectivity index (χ1) is 10.1. The Labute approximate surface area is 127 Å². The zero-order valence-electron chi connectivity index (χ0n) is 11.4. The van der Waals surface area contributed by atoms with Gasteiger partial charge in [0.15, 0.2) is 0 Å². The van der Waals surface area contributed by atoms with Gasteiger partial charge in [-0.25, -0.2) is 5.01 Å². The average Bonchev–Trinajstić information content (AvgIpc) is 2.81. The third kappa shape index (κ3) is 2.50. The van der Waals surface area contributed by atoms with Crippen LogP contribution in [0.15, 0.2) is 47.6 Å². The number of amides is 1. The van der Waals surface area contributed by atoms with Crippen molar-refractivity contribution in [3.63, 3.8) is 0 Å². The van der Waals surface area contributed by atoms with Gasteiger partial charge in [0.2, 0.25) is 0 Å². The predicted octanol–water partition coefficient (Wildman–Crippen LogP) is 3.50. The zero-order chi connectivity index (χ0) is 15.0. The van der Waals surface area contributed by atoms with E-state index in [9.17, 15) is 9.90 Å². The van der Waals surface area contributed by atoms with Gasteiger partial charge >= 0.3 is 0 Å². The number of hydrogen-bond acceptors (Lipinski definition) is 3. The first kappa shape index (κ1) is 13.6. The van der Waals surface area contributed by atoms with Crippen LogP contribution in [0.4, 0.5) is 5.69 Å². The van der Waals surface area contributed by atoms with Crippen LogP contribution in [-0.2, 0) is 4.79 Å². The lowest BCUT2D eigenvalue weighted by molar-refractivity contribution is -0.116. The normalized spacial score (nSPS) is 14.5. The van der Waals surface area contributed by atoms with Crippen molar-refractivity contribution in [3.05, 3.63) is 58.6 Å². The molecular formula is C16H13ClN2O2. The molecule has 0 aliphatic carbocycles. The maximum atomic E-state index is 12.2. The number of carbonyl (C=O) groups excluding carboxylic acids is 1. The quantitative estimate of drug-likeness (QED) is 0.923. The topological polar surface area (TPSA) is 52.9 Å². The van der Waals surface area contributed by atoms with Crippen LogP contribution in [0.5, 0.6) is 5.75 Å². The first-order valence-corrected chi connectivity index (χ1v) is 6.89. The van der Waals surface area contributed by atoms with E-state index in [2.05, 4.69) is 5.10 Å². The third-order valence-corrected chi connectivity index (χ3v) is 3.64. The Balaban J connectivity index is 2.01. The molecule has 0 unspecified atom stereocenters. The molecule has 4 nitrogen and oxygen atoms in total. The molecule has 3 rings (SSSR count). The van der Waals surface area contributed by atoms with Crippen LogP contribution in [0.2, 0.25) is 5.02 Å². The monoisotopic (exact) mass is 300 g/mol. The SMILES string of the molecule is Cc1cccc(O)c1C1=NN(c2ccc(Cl)cc2)C(=O)C1. The number of nitrogens with zero attached hydrogens (tertiary/aromatic N) is 2. The zero-order valence-corrected chi connectivity index (χ0v) is 12.1. The van der Waals surface area contributed by atoms with Crippen LogP contribution in [0.1, 0.15) is 17.5 Å². The molecule has 0 bridgehead atoms. The maximum absolute atomic E-state index is 12.2. The smallest absolute Gasteiger partial charge is 0.253 e. The van der Waals surface area contributed by atoms with E-state index >= 15 is 0 Å². The lowest BCUT2D eigenvalue weighted by Crippen LogP contribution is -2.19. The second-order valence-electron chi connectivity index (χ2n) is 4.87. The van der Waals surface area contributed by atoms with Gasteiger partial charge in [0.1, 0.15) is 5.75 Å². The average molecular weight is 301 g/mol. The van der Waals surface area contributed by atoms with E-state index in [0.717, 1.165) is 5.56 Å². The van der Waals surface area contributed by atoms with E-state index in [0.29, 0.717) is 22.0 Å². The molecule has 0 saturated carbocycles. The summed E-state index contributed by atoms with van der Waals surface area (Å²) in [5.74, 6) is 0.00878. The van der Waals surface area contributed by atoms with Crippen LogP contribution in [-0.4, -0.2) is 16.7 Å². The molecule has 5 heteroatoms. The lowest BCUT2D eigenvalue weighted by Gasteiger charge is -2.11. The number of aryl methyl sites for hydroxylation is 1. The highest BCUT2D eigenvalue weighted by atomic mass is 35.5. The Hall–Kier alpha value is -2.33. The van der Waals surface area contributed by atoms with Crippen molar-refractivity contribution >= 4 is 28.9 Å². The minimum atomic E-state index is -0.130. The number of aromatic hydroxyl groups is 1. The van der Waals surface area contributed by atoms with Crippen LogP contribution in [0.25, 0.3) is 0 Å². The first-order valence-electron chi connectivity index (χ1n) is 6.51. The van der Waals surface area contributed by atoms with Crippen molar-refractivity contribution in [2.45, 2.75) is 13.3 Å². The fourth-order valence-corrected chi connectivity index (χ4v) is 2.51. The summed E-state index contributed by atoms with van der Waals surface area (Å²) in [5.41, 5.74) is 2.75. The number of halogens is 1. The van der Waals surface area contributed by atoms with E-state index in [1.54, 1.807) is 36.4 Å². The minimum absolute atomic E-state index is 0.130. The van der Waals surface area contributed by atoms with Gasteiger partial charge in [-0.2, -0.15) is 5.10 Å². The van der Waals surface area contributed by atoms with Crippen LogP contribution in [0, 0.1) is 6.92 Å². The van der Waals surface area contributed by atoms with Crippen molar-refractivity contribution in [2.75, 3.05) is 5.01 Å². The molecule has 2 aromatic carbocycles. The number of carbonyl (C=O) groups is 1. The van der Waals surface area contributed by atoms with Gasteiger partial charge in [-0.05, 0) is 42.8 Å². The fraction of sp³-hybridized carbons (Fsp3) is 0.125. The summed E-state index contributed by atoms with van der Waals surface area (Å²) in [4.78, 5) is 12.2. The fourth-order valence-electron chi connectivity index (χ4n) is 2.38. The van der Waals surface area contributed by atoms with Gasteiger partial charge in [-0.1, -0.05) is 23.7 Å².